The molecule has 1 saturated heterocycles. The highest BCUT2D eigenvalue weighted by Crippen LogP contribution is 2.21. The number of benzene rings is 2. The van der Waals surface area contributed by atoms with Crippen LogP contribution in [-0.4, -0.2) is 65.5 Å². The van der Waals surface area contributed by atoms with Crippen molar-refractivity contribution in [1.82, 2.24) is 15.1 Å². The SMILES string of the molecule is CN1CCCN(C(=O)C[C@@H](Cc2cc(F)c(F)cc2F)NC(=O)OC(C)(C)C)[C@H](Cc2ccccc2)C1=O. The summed E-state index contributed by atoms with van der Waals surface area (Å²) in [6, 6.07) is 8.67. The van der Waals surface area contributed by atoms with Crippen LogP contribution >= 0.6 is 0 Å². The molecule has 1 N–H and O–H groups in total. The first kappa shape index (κ1) is 29.0. The van der Waals surface area contributed by atoms with E-state index < -0.39 is 47.1 Å². The van der Waals surface area contributed by atoms with Crippen LogP contribution in [0, 0.1) is 17.5 Å². The number of halogens is 3. The fraction of sp³-hybridized carbons (Fsp3) is 0.464. The molecule has 10 heteroatoms. The van der Waals surface area contributed by atoms with Gasteiger partial charge in [-0.2, -0.15) is 0 Å². The van der Waals surface area contributed by atoms with Gasteiger partial charge in [0.2, 0.25) is 11.8 Å². The first-order valence-electron chi connectivity index (χ1n) is 12.6. The summed E-state index contributed by atoms with van der Waals surface area (Å²) in [4.78, 5) is 42.4. The summed E-state index contributed by atoms with van der Waals surface area (Å²) in [5, 5.41) is 2.57. The van der Waals surface area contributed by atoms with Crippen LogP contribution in [0.25, 0.3) is 0 Å². The van der Waals surface area contributed by atoms with Crippen LogP contribution in [0.4, 0.5) is 18.0 Å². The van der Waals surface area contributed by atoms with Crippen molar-refractivity contribution in [3.05, 3.63) is 71.0 Å². The third kappa shape index (κ3) is 7.97. The van der Waals surface area contributed by atoms with E-state index in [1.807, 2.05) is 30.3 Å². The minimum absolute atomic E-state index is 0.203. The summed E-state index contributed by atoms with van der Waals surface area (Å²) < 4.78 is 47.1. The highest BCUT2D eigenvalue weighted by atomic mass is 19.2. The highest BCUT2D eigenvalue weighted by Gasteiger charge is 2.35. The third-order valence-corrected chi connectivity index (χ3v) is 6.22. The number of carbonyl (C=O) groups excluding carboxylic acids is 3. The molecule has 1 aliphatic rings. The zero-order valence-corrected chi connectivity index (χ0v) is 22.1. The van der Waals surface area contributed by atoms with E-state index in [9.17, 15) is 27.6 Å². The molecule has 38 heavy (non-hydrogen) atoms. The van der Waals surface area contributed by atoms with Gasteiger partial charge < -0.3 is 19.9 Å². The van der Waals surface area contributed by atoms with Gasteiger partial charge in [-0.25, -0.2) is 18.0 Å². The molecule has 0 radical (unpaired) electrons. The Balaban J connectivity index is 1.87. The Morgan fingerprint density at radius 3 is 2.37 bits per heavy atom. The molecule has 0 unspecified atom stereocenters. The molecular weight excluding hydrogens is 499 g/mol. The molecule has 1 aliphatic heterocycles. The van der Waals surface area contributed by atoms with E-state index >= 15 is 0 Å². The fourth-order valence-corrected chi connectivity index (χ4v) is 4.43. The van der Waals surface area contributed by atoms with Crippen molar-refractivity contribution in [2.75, 3.05) is 20.1 Å². The first-order valence-corrected chi connectivity index (χ1v) is 12.6. The van der Waals surface area contributed by atoms with Gasteiger partial charge in [-0.15, -0.1) is 0 Å². The molecule has 206 valence electrons. The number of nitrogens with one attached hydrogen (secondary N) is 1. The molecule has 2 aromatic carbocycles. The molecular formula is C28H34F3N3O4. The van der Waals surface area contributed by atoms with Gasteiger partial charge in [0.1, 0.15) is 17.5 Å². The van der Waals surface area contributed by atoms with Gasteiger partial charge in [-0.1, -0.05) is 30.3 Å². The van der Waals surface area contributed by atoms with Gasteiger partial charge in [-0.05, 0) is 50.8 Å². The molecule has 7 nitrogen and oxygen atoms in total. The Morgan fingerprint density at radius 1 is 1.05 bits per heavy atom. The number of ether oxygens (including phenoxy) is 1. The molecule has 3 amide bonds. The van der Waals surface area contributed by atoms with Crippen LogP contribution in [0.3, 0.4) is 0 Å². The summed E-state index contributed by atoms with van der Waals surface area (Å²) in [5.41, 5.74) is -0.162. The van der Waals surface area contributed by atoms with Crippen molar-refractivity contribution in [1.29, 1.82) is 0 Å². The lowest BCUT2D eigenvalue weighted by molar-refractivity contribution is -0.143. The average molecular weight is 534 g/mol. The topological polar surface area (TPSA) is 78.9 Å². The van der Waals surface area contributed by atoms with Crippen LogP contribution in [0.15, 0.2) is 42.5 Å². The van der Waals surface area contributed by atoms with Gasteiger partial charge in [0.05, 0.1) is 0 Å². The Hall–Kier alpha value is -3.56. The molecule has 0 spiro atoms. The lowest BCUT2D eigenvalue weighted by Crippen LogP contribution is -2.51. The molecule has 0 bridgehead atoms. The predicted octanol–water partition coefficient (Wildman–Crippen LogP) is 4.23. The van der Waals surface area contributed by atoms with Gasteiger partial charge in [0.15, 0.2) is 11.6 Å². The summed E-state index contributed by atoms with van der Waals surface area (Å²) in [6.45, 7) is 5.78. The van der Waals surface area contributed by atoms with Crippen LogP contribution in [0.1, 0.15) is 44.7 Å². The first-order chi connectivity index (χ1) is 17.8. The van der Waals surface area contributed by atoms with E-state index in [0.29, 0.717) is 38.1 Å². The monoisotopic (exact) mass is 533 g/mol. The summed E-state index contributed by atoms with van der Waals surface area (Å²) in [5.74, 6) is -4.22. The van der Waals surface area contributed by atoms with Crippen LogP contribution in [0.5, 0.6) is 0 Å². The number of nitrogens with zero attached hydrogens (tertiary/aromatic N) is 2. The summed E-state index contributed by atoms with van der Waals surface area (Å²) >= 11 is 0. The fourth-order valence-electron chi connectivity index (χ4n) is 4.43. The van der Waals surface area contributed by atoms with E-state index in [1.165, 1.54) is 4.90 Å². The van der Waals surface area contributed by atoms with Crippen LogP contribution < -0.4 is 5.32 Å². The molecule has 1 heterocycles. The molecule has 2 atom stereocenters. The maximum atomic E-state index is 14.4. The minimum atomic E-state index is -1.34. The lowest BCUT2D eigenvalue weighted by atomic mass is 9.99. The van der Waals surface area contributed by atoms with Crippen molar-refractivity contribution < 1.29 is 32.3 Å². The summed E-state index contributed by atoms with van der Waals surface area (Å²) in [6.07, 6.45) is -0.580. The van der Waals surface area contributed by atoms with Crippen LogP contribution in [0.2, 0.25) is 0 Å². The van der Waals surface area contributed by atoms with Gasteiger partial charge in [0, 0.05) is 45.1 Å². The van der Waals surface area contributed by atoms with E-state index in [0.717, 1.165) is 5.56 Å². The number of carbonyl (C=O) groups is 3. The molecule has 0 aliphatic carbocycles. The normalized spacial score (nSPS) is 17.1. The Labute approximate surface area is 220 Å². The van der Waals surface area contributed by atoms with Crippen molar-refractivity contribution in [3.63, 3.8) is 0 Å². The quantitative estimate of drug-likeness (QED) is 0.541. The average Bonchev–Trinajstić information content (AvgIpc) is 2.95. The zero-order chi connectivity index (χ0) is 28.0. The Morgan fingerprint density at radius 2 is 1.71 bits per heavy atom. The summed E-state index contributed by atoms with van der Waals surface area (Å²) in [7, 11) is 1.69. The van der Waals surface area contributed by atoms with Crippen molar-refractivity contribution in [3.8, 4) is 0 Å². The number of amides is 3. The lowest BCUT2D eigenvalue weighted by Gasteiger charge is -2.31. The second kappa shape index (κ2) is 12.3. The zero-order valence-electron chi connectivity index (χ0n) is 22.1. The largest absolute Gasteiger partial charge is 0.444 e. The number of alkyl carbamates (subject to hydrolysis) is 1. The maximum absolute atomic E-state index is 14.4. The minimum Gasteiger partial charge on any atom is -0.444 e. The highest BCUT2D eigenvalue weighted by molar-refractivity contribution is 5.88. The Bertz CT molecular complexity index is 1150. The third-order valence-electron chi connectivity index (χ3n) is 6.22. The maximum Gasteiger partial charge on any atom is 0.407 e. The smallest absolute Gasteiger partial charge is 0.407 e. The van der Waals surface area contributed by atoms with Crippen molar-refractivity contribution in [2.45, 2.75) is 64.1 Å². The van der Waals surface area contributed by atoms with E-state index in [-0.39, 0.29) is 24.3 Å². The molecule has 2 aromatic rings. The molecule has 1 fully saturated rings. The molecule has 3 rings (SSSR count). The number of rotatable bonds is 7. The molecule has 0 aromatic heterocycles. The van der Waals surface area contributed by atoms with Gasteiger partial charge in [0.25, 0.3) is 0 Å². The van der Waals surface area contributed by atoms with E-state index in [1.54, 1.807) is 32.7 Å². The standard InChI is InChI=1S/C28H34F3N3O4/c1-28(2,3)38-27(37)32-20(14-19-15-22(30)23(31)17-21(19)29)16-25(35)34-12-8-11-33(4)26(36)24(34)13-18-9-6-5-7-10-18/h5-7,9-10,15,17,20,24H,8,11-14,16H2,1-4H3,(H,32,37)/t20-,24-/m1/s1. The van der Waals surface area contributed by atoms with E-state index in [4.69, 9.17) is 4.74 Å². The molecule has 0 saturated carbocycles. The Kier molecular flexibility index (Phi) is 9.40. The van der Waals surface area contributed by atoms with Crippen molar-refractivity contribution >= 4 is 17.9 Å². The number of hydrogen-bond acceptors (Lipinski definition) is 4. The van der Waals surface area contributed by atoms with Crippen LogP contribution in [-0.2, 0) is 27.2 Å². The predicted molar refractivity (Wildman–Crippen MR) is 136 cm³/mol. The number of likely N-dealkylation sites (N-methyl/N-ethyl adjacent to an activating group) is 1. The van der Waals surface area contributed by atoms with Gasteiger partial charge in [-0.3, -0.25) is 9.59 Å². The van der Waals surface area contributed by atoms with Crippen molar-refractivity contribution in [2.24, 2.45) is 0 Å². The second-order valence-electron chi connectivity index (χ2n) is 10.5. The van der Waals surface area contributed by atoms with Gasteiger partial charge >= 0.3 is 6.09 Å². The van der Waals surface area contributed by atoms with E-state index in [2.05, 4.69) is 5.32 Å². The number of hydrogen-bond donors (Lipinski definition) is 1. The second-order valence-corrected chi connectivity index (χ2v) is 10.5.